The van der Waals surface area contributed by atoms with Crippen LogP contribution in [0.4, 0.5) is 0 Å². The molecule has 0 aliphatic rings. The molecule has 0 saturated heterocycles. The smallest absolute Gasteiger partial charge is 0.305 e. The lowest BCUT2D eigenvalue weighted by Crippen LogP contribution is -2.45. The van der Waals surface area contributed by atoms with Gasteiger partial charge >= 0.3 is 5.97 Å². The number of carbonyl (C=O) groups is 2. The number of aliphatic hydroxyl groups excluding tert-OH is 2. The van der Waals surface area contributed by atoms with Gasteiger partial charge < -0.3 is 20.3 Å². The summed E-state index contributed by atoms with van der Waals surface area (Å²) in [6.45, 7) is 4.91. The van der Waals surface area contributed by atoms with Gasteiger partial charge in [0.15, 0.2) is 0 Å². The van der Waals surface area contributed by atoms with E-state index in [0.717, 1.165) is 38.5 Å². The van der Waals surface area contributed by atoms with Gasteiger partial charge in [-0.2, -0.15) is 0 Å². The Morgan fingerprint density at radius 3 is 1.05 bits per heavy atom. The first-order chi connectivity index (χ1) is 32.0. The van der Waals surface area contributed by atoms with Crippen molar-refractivity contribution in [1.29, 1.82) is 0 Å². The predicted molar refractivity (Wildman–Crippen MR) is 283 cm³/mol. The fourth-order valence-corrected chi connectivity index (χ4v) is 9.28. The number of carbonyl (C=O) groups excluding carboxylic acids is 2. The molecule has 0 aromatic rings. The van der Waals surface area contributed by atoms with E-state index in [-0.39, 0.29) is 18.5 Å². The molecule has 0 heterocycles. The summed E-state index contributed by atoms with van der Waals surface area (Å²) in [5, 5.41) is 23.1. The highest BCUT2D eigenvalue weighted by atomic mass is 16.5. The van der Waals surface area contributed by atoms with E-state index in [1.165, 1.54) is 263 Å². The molecule has 2 unspecified atom stereocenters. The molecule has 6 heteroatoms. The number of aliphatic hydroxyl groups is 2. The second-order valence-electron chi connectivity index (χ2n) is 20.3. The van der Waals surface area contributed by atoms with Crippen molar-refractivity contribution in [3.05, 3.63) is 12.2 Å². The van der Waals surface area contributed by atoms with Gasteiger partial charge in [-0.1, -0.05) is 296 Å². The minimum absolute atomic E-state index is 0.0122. The highest BCUT2D eigenvalue weighted by molar-refractivity contribution is 5.76. The van der Waals surface area contributed by atoms with Crippen molar-refractivity contribution in [3.8, 4) is 0 Å². The minimum Gasteiger partial charge on any atom is -0.466 e. The Kier molecular flexibility index (Phi) is 54.0. The van der Waals surface area contributed by atoms with Crippen molar-refractivity contribution in [2.45, 2.75) is 341 Å². The van der Waals surface area contributed by atoms with Crippen molar-refractivity contribution >= 4 is 11.9 Å². The third kappa shape index (κ3) is 51.8. The highest BCUT2D eigenvalue weighted by Crippen LogP contribution is 2.18. The summed E-state index contributed by atoms with van der Waals surface area (Å²) in [4.78, 5) is 24.5. The van der Waals surface area contributed by atoms with Gasteiger partial charge in [0.25, 0.3) is 0 Å². The maximum atomic E-state index is 12.4. The molecule has 3 N–H and O–H groups in total. The molecule has 0 bridgehead atoms. The minimum atomic E-state index is -0.844. The van der Waals surface area contributed by atoms with Crippen LogP contribution >= 0.6 is 0 Å². The molecule has 0 aromatic heterocycles. The summed E-state index contributed by atoms with van der Waals surface area (Å²) in [6.07, 6.45) is 65.2. The molecule has 0 spiro atoms. The normalized spacial score (nSPS) is 12.6. The van der Waals surface area contributed by atoms with Crippen LogP contribution in [0.3, 0.4) is 0 Å². The van der Waals surface area contributed by atoms with Gasteiger partial charge in [0.2, 0.25) is 5.91 Å². The Hall–Kier alpha value is -1.40. The summed E-state index contributed by atoms with van der Waals surface area (Å²) < 4.78 is 5.49. The van der Waals surface area contributed by atoms with Gasteiger partial charge in [0.05, 0.1) is 25.4 Å². The van der Waals surface area contributed by atoms with E-state index in [0.29, 0.717) is 19.4 Å². The molecule has 6 nitrogen and oxygen atoms in total. The van der Waals surface area contributed by atoms with Gasteiger partial charge in [-0.3, -0.25) is 9.59 Å². The summed E-state index contributed by atoms with van der Waals surface area (Å²) in [6, 6.07) is -0.628. The Balaban J connectivity index is 3.39. The molecule has 0 aliphatic carbocycles. The van der Waals surface area contributed by atoms with Crippen LogP contribution < -0.4 is 5.32 Å². The van der Waals surface area contributed by atoms with Crippen LogP contribution in [0.5, 0.6) is 0 Å². The summed E-state index contributed by atoms with van der Waals surface area (Å²) in [5.41, 5.74) is 0. The van der Waals surface area contributed by atoms with Gasteiger partial charge in [-0.05, 0) is 32.1 Å². The molecule has 0 rings (SSSR count). The van der Waals surface area contributed by atoms with Crippen LogP contribution in [0.2, 0.25) is 0 Å². The molecule has 0 aromatic carbocycles. The lowest BCUT2D eigenvalue weighted by Gasteiger charge is -2.20. The zero-order valence-electron chi connectivity index (χ0n) is 44.0. The van der Waals surface area contributed by atoms with E-state index in [4.69, 9.17) is 4.74 Å². The van der Waals surface area contributed by atoms with E-state index >= 15 is 0 Å². The Labute approximate surface area is 406 Å². The SMILES string of the molecule is CCCCCCCCCCCCC/C=C/C(O)C(CO)NC(=O)CCCCCCCCCCCCCCCCCCCCCOC(=O)CCCCCCCCCCCCCCCCCC. The topological polar surface area (TPSA) is 95.9 Å². The van der Waals surface area contributed by atoms with Crippen molar-refractivity contribution < 1.29 is 24.5 Å². The van der Waals surface area contributed by atoms with Crippen LogP contribution in [-0.2, 0) is 14.3 Å². The third-order valence-corrected chi connectivity index (χ3v) is 13.8. The van der Waals surface area contributed by atoms with Crippen LogP contribution in [-0.4, -0.2) is 47.4 Å². The second-order valence-corrected chi connectivity index (χ2v) is 20.3. The number of rotatable bonds is 55. The molecule has 0 fully saturated rings. The second kappa shape index (κ2) is 55.2. The first-order valence-electron chi connectivity index (χ1n) is 29.5. The molecule has 0 radical (unpaired) electrons. The number of amides is 1. The van der Waals surface area contributed by atoms with E-state index < -0.39 is 12.1 Å². The van der Waals surface area contributed by atoms with Crippen molar-refractivity contribution in [1.82, 2.24) is 5.32 Å². The lowest BCUT2D eigenvalue weighted by molar-refractivity contribution is -0.143. The molecule has 1 amide bonds. The van der Waals surface area contributed by atoms with Crippen molar-refractivity contribution in [2.24, 2.45) is 0 Å². The largest absolute Gasteiger partial charge is 0.466 e. The van der Waals surface area contributed by atoms with Crippen molar-refractivity contribution in [3.63, 3.8) is 0 Å². The fourth-order valence-electron chi connectivity index (χ4n) is 9.28. The number of esters is 1. The Bertz CT molecular complexity index is 970. The lowest BCUT2D eigenvalue weighted by atomic mass is 10.0. The van der Waals surface area contributed by atoms with Gasteiger partial charge in [-0.25, -0.2) is 0 Å². The first-order valence-corrected chi connectivity index (χ1v) is 29.5. The van der Waals surface area contributed by atoms with E-state index in [1.807, 2.05) is 6.08 Å². The molecule has 386 valence electrons. The molecular weight excluding hydrogens is 803 g/mol. The van der Waals surface area contributed by atoms with Gasteiger partial charge in [-0.15, -0.1) is 0 Å². The fraction of sp³-hybridized carbons (Fsp3) is 0.932. The maximum Gasteiger partial charge on any atom is 0.305 e. The van der Waals surface area contributed by atoms with E-state index in [2.05, 4.69) is 19.2 Å². The van der Waals surface area contributed by atoms with Gasteiger partial charge in [0.1, 0.15) is 0 Å². The van der Waals surface area contributed by atoms with Crippen molar-refractivity contribution in [2.75, 3.05) is 13.2 Å². The summed E-state index contributed by atoms with van der Waals surface area (Å²) >= 11 is 0. The van der Waals surface area contributed by atoms with Crippen LogP contribution in [0, 0.1) is 0 Å². The Morgan fingerprint density at radius 2 is 0.708 bits per heavy atom. The monoisotopic (exact) mass is 918 g/mol. The predicted octanol–water partition coefficient (Wildman–Crippen LogP) is 18.1. The molecule has 2 atom stereocenters. The first kappa shape index (κ1) is 63.6. The maximum absolute atomic E-state index is 12.4. The van der Waals surface area contributed by atoms with Crippen LogP contribution in [0.25, 0.3) is 0 Å². The number of hydrogen-bond donors (Lipinski definition) is 3. The number of ether oxygens (including phenoxy) is 1. The quantitative estimate of drug-likeness (QED) is 0.0321. The standard InChI is InChI=1S/C59H115NO5/c1-3-5-7-9-11-13-15-17-18-25-29-33-37-41-45-49-53-59(64)65-54-50-46-42-38-34-30-26-23-21-19-20-22-24-28-32-36-40-44-48-52-58(63)60-56(55-61)57(62)51-47-43-39-35-31-27-16-14-12-10-8-6-4-2/h47,51,56-57,61-62H,3-46,48-50,52-55H2,1-2H3,(H,60,63)/b51-47+. The van der Waals surface area contributed by atoms with Crippen LogP contribution in [0.1, 0.15) is 328 Å². The number of nitrogens with one attached hydrogen (secondary N) is 1. The van der Waals surface area contributed by atoms with Gasteiger partial charge in [0, 0.05) is 12.8 Å². The number of allylic oxidation sites excluding steroid dienone is 1. The van der Waals surface area contributed by atoms with Crippen LogP contribution in [0.15, 0.2) is 12.2 Å². The third-order valence-electron chi connectivity index (χ3n) is 13.8. The highest BCUT2D eigenvalue weighted by Gasteiger charge is 2.18. The number of hydrogen-bond acceptors (Lipinski definition) is 5. The molecule has 0 aliphatic heterocycles. The summed E-state index contributed by atoms with van der Waals surface area (Å²) in [5.74, 6) is -0.0575. The zero-order valence-corrected chi connectivity index (χ0v) is 44.0. The number of unbranched alkanes of at least 4 members (excludes halogenated alkanes) is 44. The zero-order chi connectivity index (χ0) is 47.2. The summed E-state index contributed by atoms with van der Waals surface area (Å²) in [7, 11) is 0. The molecule has 65 heavy (non-hydrogen) atoms. The van der Waals surface area contributed by atoms with E-state index in [1.54, 1.807) is 6.08 Å². The molecular formula is C59H115NO5. The van der Waals surface area contributed by atoms with E-state index in [9.17, 15) is 19.8 Å². The average molecular weight is 919 g/mol. The molecule has 0 saturated carbocycles. The Morgan fingerprint density at radius 1 is 0.415 bits per heavy atom. The average Bonchev–Trinajstić information content (AvgIpc) is 3.31.